The van der Waals surface area contributed by atoms with Gasteiger partial charge in [0.15, 0.2) is 0 Å². The number of benzene rings is 1. The lowest BCUT2D eigenvalue weighted by Gasteiger charge is -2.06. The van der Waals surface area contributed by atoms with Crippen LogP contribution >= 0.6 is 0 Å². The van der Waals surface area contributed by atoms with Crippen LogP contribution in [0.5, 0.6) is 0 Å². The van der Waals surface area contributed by atoms with E-state index in [1.165, 1.54) is 12.1 Å². The SMILES string of the molecule is CCNC(=O)CNS(=O)(=O)c1ccc(C#CCN)cc1. The fourth-order valence-electron chi connectivity index (χ4n) is 1.37. The van der Waals surface area contributed by atoms with E-state index >= 15 is 0 Å². The molecule has 1 amide bonds. The summed E-state index contributed by atoms with van der Waals surface area (Å²) in [6.45, 7) is 2.17. The van der Waals surface area contributed by atoms with Crippen LogP contribution in [0.15, 0.2) is 29.2 Å². The average molecular weight is 295 g/mol. The largest absolute Gasteiger partial charge is 0.355 e. The molecule has 0 radical (unpaired) electrons. The Morgan fingerprint density at radius 2 is 1.95 bits per heavy atom. The van der Waals surface area contributed by atoms with Crippen LogP contribution < -0.4 is 15.8 Å². The highest BCUT2D eigenvalue weighted by Crippen LogP contribution is 2.09. The minimum Gasteiger partial charge on any atom is -0.355 e. The molecule has 1 aromatic carbocycles. The maximum atomic E-state index is 11.9. The molecule has 0 fully saturated rings. The van der Waals surface area contributed by atoms with Crippen LogP contribution in [0.2, 0.25) is 0 Å². The number of nitrogens with two attached hydrogens (primary N) is 1. The van der Waals surface area contributed by atoms with E-state index in [1.54, 1.807) is 19.1 Å². The molecule has 108 valence electrons. The molecule has 0 aliphatic heterocycles. The van der Waals surface area contributed by atoms with Gasteiger partial charge in [0.25, 0.3) is 0 Å². The lowest BCUT2D eigenvalue weighted by Crippen LogP contribution is -2.36. The molecule has 0 aliphatic carbocycles. The standard InChI is InChI=1S/C13H17N3O3S/c1-2-15-13(17)10-16-20(18,19)12-7-5-11(6-8-12)4-3-9-14/h5-8,16H,2,9-10,14H2,1H3,(H,15,17). The van der Waals surface area contributed by atoms with Crippen molar-refractivity contribution in [3.63, 3.8) is 0 Å². The minimum atomic E-state index is -3.69. The Hall–Kier alpha value is -1.88. The van der Waals surface area contributed by atoms with E-state index in [1.807, 2.05) is 0 Å². The van der Waals surface area contributed by atoms with Crippen molar-refractivity contribution in [2.75, 3.05) is 19.6 Å². The molecule has 0 aliphatic rings. The van der Waals surface area contributed by atoms with Crippen LogP contribution in [0.3, 0.4) is 0 Å². The van der Waals surface area contributed by atoms with Gasteiger partial charge in [0.05, 0.1) is 18.0 Å². The van der Waals surface area contributed by atoms with E-state index in [2.05, 4.69) is 21.9 Å². The Bertz CT molecular complexity index is 613. The number of carbonyl (C=O) groups excluding carboxylic acids is 1. The third kappa shape index (κ3) is 5.01. The minimum absolute atomic E-state index is 0.0834. The summed E-state index contributed by atoms with van der Waals surface area (Å²) in [5.74, 6) is 5.10. The van der Waals surface area contributed by atoms with Gasteiger partial charge in [-0.25, -0.2) is 13.1 Å². The van der Waals surface area contributed by atoms with Gasteiger partial charge in [-0.2, -0.15) is 0 Å². The first-order valence-electron chi connectivity index (χ1n) is 6.05. The van der Waals surface area contributed by atoms with Crippen molar-refractivity contribution in [2.24, 2.45) is 5.73 Å². The summed E-state index contributed by atoms with van der Waals surface area (Å²) < 4.78 is 26.1. The van der Waals surface area contributed by atoms with Crippen molar-refractivity contribution >= 4 is 15.9 Å². The fraction of sp³-hybridized carbons (Fsp3) is 0.308. The molecule has 1 rings (SSSR count). The van der Waals surface area contributed by atoms with Gasteiger partial charge in [0, 0.05) is 12.1 Å². The second kappa shape index (κ2) is 7.65. The molecule has 0 bridgehead atoms. The van der Waals surface area contributed by atoms with Gasteiger partial charge in [-0.1, -0.05) is 11.8 Å². The van der Waals surface area contributed by atoms with E-state index in [4.69, 9.17) is 5.73 Å². The van der Waals surface area contributed by atoms with Gasteiger partial charge >= 0.3 is 0 Å². The Balaban J connectivity index is 2.75. The van der Waals surface area contributed by atoms with Crippen molar-refractivity contribution in [2.45, 2.75) is 11.8 Å². The van der Waals surface area contributed by atoms with Crippen LogP contribution in [0.1, 0.15) is 12.5 Å². The molecule has 20 heavy (non-hydrogen) atoms. The van der Waals surface area contributed by atoms with Crippen LogP contribution in [-0.2, 0) is 14.8 Å². The van der Waals surface area contributed by atoms with E-state index in [0.717, 1.165) is 0 Å². The first-order chi connectivity index (χ1) is 9.49. The van der Waals surface area contributed by atoms with Crippen molar-refractivity contribution in [1.82, 2.24) is 10.0 Å². The smallest absolute Gasteiger partial charge is 0.241 e. The topological polar surface area (TPSA) is 101 Å². The van der Waals surface area contributed by atoms with Crippen molar-refractivity contribution < 1.29 is 13.2 Å². The summed E-state index contributed by atoms with van der Waals surface area (Å²) in [4.78, 5) is 11.3. The van der Waals surface area contributed by atoms with Crippen LogP contribution in [-0.4, -0.2) is 34.0 Å². The van der Waals surface area contributed by atoms with E-state index in [-0.39, 0.29) is 23.9 Å². The highest BCUT2D eigenvalue weighted by Gasteiger charge is 2.14. The highest BCUT2D eigenvalue weighted by atomic mass is 32.2. The normalized spacial score (nSPS) is 10.5. The molecular weight excluding hydrogens is 278 g/mol. The molecule has 7 heteroatoms. The maximum Gasteiger partial charge on any atom is 0.241 e. The van der Waals surface area contributed by atoms with E-state index in [0.29, 0.717) is 12.1 Å². The molecule has 0 atom stereocenters. The van der Waals surface area contributed by atoms with Gasteiger partial charge < -0.3 is 11.1 Å². The molecule has 6 nitrogen and oxygen atoms in total. The van der Waals surface area contributed by atoms with Crippen LogP contribution in [0.25, 0.3) is 0 Å². The second-order valence-electron chi connectivity index (χ2n) is 3.81. The zero-order valence-corrected chi connectivity index (χ0v) is 12.0. The first-order valence-corrected chi connectivity index (χ1v) is 7.53. The zero-order valence-electron chi connectivity index (χ0n) is 11.1. The monoisotopic (exact) mass is 295 g/mol. The van der Waals surface area contributed by atoms with Gasteiger partial charge in [-0.05, 0) is 31.2 Å². The molecule has 1 aromatic rings. The number of carbonyl (C=O) groups is 1. The Kier molecular flexibility index (Phi) is 6.18. The Labute approximate surface area is 118 Å². The number of hydrogen-bond acceptors (Lipinski definition) is 4. The predicted octanol–water partition coefficient (Wildman–Crippen LogP) is -0.589. The number of rotatable bonds is 5. The predicted molar refractivity (Wildman–Crippen MR) is 76.2 cm³/mol. The van der Waals surface area contributed by atoms with E-state index in [9.17, 15) is 13.2 Å². The lowest BCUT2D eigenvalue weighted by molar-refractivity contribution is -0.119. The average Bonchev–Trinajstić information content (AvgIpc) is 2.44. The molecule has 0 spiro atoms. The number of hydrogen-bond donors (Lipinski definition) is 3. The van der Waals surface area contributed by atoms with Crippen molar-refractivity contribution in [3.05, 3.63) is 29.8 Å². The van der Waals surface area contributed by atoms with Crippen molar-refractivity contribution in [3.8, 4) is 11.8 Å². The summed E-state index contributed by atoms with van der Waals surface area (Å²) in [5, 5.41) is 2.51. The zero-order chi connectivity index (χ0) is 15.0. The molecule has 0 heterocycles. The lowest BCUT2D eigenvalue weighted by atomic mass is 10.2. The summed E-state index contributed by atoms with van der Waals surface area (Å²) >= 11 is 0. The van der Waals surface area contributed by atoms with Gasteiger partial charge in [0.2, 0.25) is 15.9 Å². The number of amides is 1. The molecular formula is C13H17N3O3S. The number of nitrogens with one attached hydrogen (secondary N) is 2. The van der Waals surface area contributed by atoms with E-state index < -0.39 is 10.0 Å². The number of likely N-dealkylation sites (N-methyl/N-ethyl adjacent to an activating group) is 1. The number of sulfonamides is 1. The van der Waals surface area contributed by atoms with Gasteiger partial charge in [-0.15, -0.1) is 0 Å². The molecule has 0 saturated heterocycles. The molecule has 0 unspecified atom stereocenters. The van der Waals surface area contributed by atoms with Gasteiger partial charge in [0.1, 0.15) is 0 Å². The van der Waals surface area contributed by atoms with Gasteiger partial charge in [-0.3, -0.25) is 4.79 Å². The van der Waals surface area contributed by atoms with Crippen molar-refractivity contribution in [1.29, 1.82) is 0 Å². The third-order valence-corrected chi connectivity index (χ3v) is 3.71. The maximum absolute atomic E-state index is 11.9. The third-order valence-electron chi connectivity index (χ3n) is 2.30. The first kappa shape index (κ1) is 16.2. The Morgan fingerprint density at radius 1 is 1.30 bits per heavy atom. The second-order valence-corrected chi connectivity index (χ2v) is 5.58. The molecule has 4 N–H and O–H groups in total. The molecule has 0 saturated carbocycles. The van der Waals surface area contributed by atoms with Crippen LogP contribution in [0, 0.1) is 11.8 Å². The highest BCUT2D eigenvalue weighted by molar-refractivity contribution is 7.89. The summed E-state index contributed by atoms with van der Waals surface area (Å²) in [6, 6.07) is 6.04. The summed E-state index contributed by atoms with van der Waals surface area (Å²) in [7, 11) is -3.69. The summed E-state index contributed by atoms with van der Waals surface area (Å²) in [6.07, 6.45) is 0. The fourth-order valence-corrected chi connectivity index (χ4v) is 2.36. The van der Waals surface area contributed by atoms with Crippen LogP contribution in [0.4, 0.5) is 0 Å². The summed E-state index contributed by atoms with van der Waals surface area (Å²) in [5.41, 5.74) is 5.93. The Morgan fingerprint density at radius 3 is 2.50 bits per heavy atom. The quantitative estimate of drug-likeness (QED) is 0.632. The molecule has 0 aromatic heterocycles.